The van der Waals surface area contributed by atoms with Crippen LogP contribution in [0.5, 0.6) is 5.75 Å². The van der Waals surface area contributed by atoms with Gasteiger partial charge in [0.25, 0.3) is 0 Å². The molecule has 0 saturated carbocycles. The summed E-state index contributed by atoms with van der Waals surface area (Å²) in [5.41, 5.74) is 6.14. The number of anilines is 1. The third-order valence-corrected chi connectivity index (χ3v) is 3.54. The number of hydrogen-bond donors (Lipinski definition) is 2. The molecule has 1 heterocycles. The molecule has 3 N–H and O–H groups in total. The maximum absolute atomic E-state index is 11.9. The van der Waals surface area contributed by atoms with Crippen molar-refractivity contribution in [2.75, 3.05) is 18.9 Å². The molecule has 0 aromatic heterocycles. The van der Waals surface area contributed by atoms with Crippen LogP contribution in [-0.2, 0) is 9.53 Å². The molecular weight excluding hydrogens is 268 g/mol. The lowest BCUT2D eigenvalue weighted by atomic mass is 9.94. The maximum Gasteiger partial charge on any atom is 0.223 e. The first kappa shape index (κ1) is 15.6. The zero-order valence-electron chi connectivity index (χ0n) is 12.7. The second-order valence-corrected chi connectivity index (χ2v) is 6.03. The SMILES string of the molecule is CC1(C)CC(NC(=O)CCOc2ccc(N)cc2)CCO1. The van der Waals surface area contributed by atoms with Crippen molar-refractivity contribution in [2.45, 2.75) is 44.8 Å². The minimum atomic E-state index is -0.156. The highest BCUT2D eigenvalue weighted by atomic mass is 16.5. The van der Waals surface area contributed by atoms with Gasteiger partial charge in [0.2, 0.25) is 5.91 Å². The van der Waals surface area contributed by atoms with E-state index in [0.717, 1.165) is 18.6 Å². The van der Waals surface area contributed by atoms with Crippen LogP contribution in [0.3, 0.4) is 0 Å². The Morgan fingerprint density at radius 2 is 2.14 bits per heavy atom. The average Bonchev–Trinajstić information content (AvgIpc) is 2.40. The molecule has 0 bridgehead atoms. The lowest BCUT2D eigenvalue weighted by molar-refractivity contribution is -0.124. The van der Waals surface area contributed by atoms with Gasteiger partial charge in [-0.25, -0.2) is 0 Å². The van der Waals surface area contributed by atoms with Gasteiger partial charge in [-0.15, -0.1) is 0 Å². The number of benzene rings is 1. The van der Waals surface area contributed by atoms with Gasteiger partial charge in [-0.3, -0.25) is 4.79 Å². The summed E-state index contributed by atoms with van der Waals surface area (Å²) >= 11 is 0. The molecule has 1 amide bonds. The van der Waals surface area contributed by atoms with E-state index in [4.69, 9.17) is 15.2 Å². The Labute approximate surface area is 125 Å². The van der Waals surface area contributed by atoms with Crippen molar-refractivity contribution in [1.29, 1.82) is 0 Å². The molecule has 1 atom stereocenters. The molecule has 5 nitrogen and oxygen atoms in total. The lowest BCUT2D eigenvalue weighted by Crippen LogP contribution is -2.46. The van der Waals surface area contributed by atoms with Gasteiger partial charge in [0.1, 0.15) is 5.75 Å². The molecule has 1 aromatic rings. The van der Waals surface area contributed by atoms with Crippen LogP contribution >= 0.6 is 0 Å². The smallest absolute Gasteiger partial charge is 0.223 e. The summed E-state index contributed by atoms with van der Waals surface area (Å²) in [6.07, 6.45) is 2.06. The van der Waals surface area contributed by atoms with Gasteiger partial charge in [-0.1, -0.05) is 0 Å². The van der Waals surface area contributed by atoms with E-state index in [1.165, 1.54) is 0 Å². The molecule has 2 rings (SSSR count). The molecule has 0 spiro atoms. The highest BCUT2D eigenvalue weighted by molar-refractivity contribution is 5.76. The summed E-state index contributed by atoms with van der Waals surface area (Å²) in [6, 6.07) is 7.35. The van der Waals surface area contributed by atoms with Gasteiger partial charge < -0.3 is 20.5 Å². The topological polar surface area (TPSA) is 73.6 Å². The van der Waals surface area contributed by atoms with E-state index < -0.39 is 0 Å². The Hall–Kier alpha value is -1.75. The van der Waals surface area contributed by atoms with Crippen molar-refractivity contribution < 1.29 is 14.3 Å². The number of rotatable bonds is 5. The van der Waals surface area contributed by atoms with Crippen LogP contribution < -0.4 is 15.8 Å². The van der Waals surface area contributed by atoms with Gasteiger partial charge in [-0.2, -0.15) is 0 Å². The van der Waals surface area contributed by atoms with Crippen molar-refractivity contribution in [3.05, 3.63) is 24.3 Å². The van der Waals surface area contributed by atoms with Crippen LogP contribution in [0.2, 0.25) is 0 Å². The summed E-state index contributed by atoms with van der Waals surface area (Å²) in [6.45, 7) is 5.16. The van der Waals surface area contributed by atoms with E-state index in [2.05, 4.69) is 19.2 Å². The Bertz CT molecular complexity index is 471. The highest BCUT2D eigenvalue weighted by Gasteiger charge is 2.29. The van der Waals surface area contributed by atoms with E-state index in [1.807, 2.05) is 0 Å². The van der Waals surface area contributed by atoms with Gasteiger partial charge in [0.05, 0.1) is 18.6 Å². The normalized spacial score (nSPS) is 20.8. The molecule has 1 aliphatic rings. The molecule has 116 valence electrons. The summed E-state index contributed by atoms with van der Waals surface area (Å²) in [7, 11) is 0. The summed E-state index contributed by atoms with van der Waals surface area (Å²) < 4.78 is 11.2. The quantitative estimate of drug-likeness (QED) is 0.815. The van der Waals surface area contributed by atoms with Gasteiger partial charge in [0, 0.05) is 18.3 Å². The predicted molar refractivity (Wildman–Crippen MR) is 82.2 cm³/mol. The van der Waals surface area contributed by atoms with E-state index in [9.17, 15) is 4.79 Å². The Morgan fingerprint density at radius 1 is 1.43 bits per heavy atom. The van der Waals surface area contributed by atoms with E-state index in [0.29, 0.717) is 25.3 Å². The molecule has 1 aliphatic heterocycles. The number of nitrogens with one attached hydrogen (secondary N) is 1. The molecule has 21 heavy (non-hydrogen) atoms. The summed E-state index contributed by atoms with van der Waals surface area (Å²) in [5, 5.41) is 3.05. The van der Waals surface area contributed by atoms with Crippen molar-refractivity contribution in [3.8, 4) is 5.75 Å². The monoisotopic (exact) mass is 292 g/mol. The molecule has 0 aliphatic carbocycles. The third kappa shape index (κ3) is 5.27. The maximum atomic E-state index is 11.9. The summed E-state index contributed by atoms with van der Waals surface area (Å²) in [5.74, 6) is 0.748. The van der Waals surface area contributed by atoms with Crippen molar-refractivity contribution in [1.82, 2.24) is 5.32 Å². The number of nitrogen functional groups attached to an aromatic ring is 1. The fourth-order valence-electron chi connectivity index (χ4n) is 2.48. The number of amides is 1. The number of nitrogens with two attached hydrogens (primary N) is 1. The molecular formula is C16H24N2O3. The predicted octanol–water partition coefficient (Wildman–Crippen LogP) is 2.11. The first-order valence-electron chi connectivity index (χ1n) is 7.36. The molecule has 1 unspecified atom stereocenters. The van der Waals surface area contributed by atoms with Gasteiger partial charge in [0.15, 0.2) is 0 Å². The van der Waals surface area contributed by atoms with E-state index in [1.54, 1.807) is 24.3 Å². The second-order valence-electron chi connectivity index (χ2n) is 6.03. The number of carbonyl (C=O) groups excluding carboxylic acids is 1. The standard InChI is InChI=1S/C16H24N2O3/c1-16(2)11-13(7-10-21-16)18-15(19)8-9-20-14-5-3-12(17)4-6-14/h3-6,13H,7-11,17H2,1-2H3,(H,18,19). The average molecular weight is 292 g/mol. The van der Waals surface area contributed by atoms with Crippen LogP contribution in [0, 0.1) is 0 Å². The van der Waals surface area contributed by atoms with Gasteiger partial charge >= 0.3 is 0 Å². The molecule has 1 aromatic carbocycles. The minimum absolute atomic E-state index is 0.0214. The van der Waals surface area contributed by atoms with Crippen LogP contribution in [0.4, 0.5) is 5.69 Å². The number of hydrogen-bond acceptors (Lipinski definition) is 4. The van der Waals surface area contributed by atoms with Crippen molar-refractivity contribution >= 4 is 11.6 Å². The van der Waals surface area contributed by atoms with E-state index in [-0.39, 0.29) is 17.6 Å². The first-order chi connectivity index (χ1) is 9.94. The molecule has 0 radical (unpaired) electrons. The van der Waals surface area contributed by atoms with Crippen LogP contribution in [-0.4, -0.2) is 30.8 Å². The Balaban J connectivity index is 1.69. The molecule has 1 saturated heterocycles. The van der Waals surface area contributed by atoms with Crippen molar-refractivity contribution in [3.63, 3.8) is 0 Å². The largest absolute Gasteiger partial charge is 0.493 e. The zero-order chi connectivity index (χ0) is 15.3. The van der Waals surface area contributed by atoms with Crippen LogP contribution in [0.1, 0.15) is 33.1 Å². The van der Waals surface area contributed by atoms with E-state index >= 15 is 0 Å². The summed E-state index contributed by atoms with van der Waals surface area (Å²) in [4.78, 5) is 11.9. The Kier molecular flexibility index (Phi) is 5.07. The fourth-order valence-corrected chi connectivity index (χ4v) is 2.48. The Morgan fingerprint density at radius 3 is 2.81 bits per heavy atom. The first-order valence-corrected chi connectivity index (χ1v) is 7.36. The number of carbonyl (C=O) groups is 1. The second kappa shape index (κ2) is 6.80. The lowest BCUT2D eigenvalue weighted by Gasteiger charge is -2.35. The molecule has 1 fully saturated rings. The minimum Gasteiger partial charge on any atom is -0.493 e. The number of ether oxygens (including phenoxy) is 2. The highest BCUT2D eigenvalue weighted by Crippen LogP contribution is 2.23. The fraction of sp³-hybridized carbons (Fsp3) is 0.562. The van der Waals surface area contributed by atoms with Crippen molar-refractivity contribution in [2.24, 2.45) is 0 Å². The van der Waals surface area contributed by atoms with Crippen LogP contribution in [0.25, 0.3) is 0 Å². The zero-order valence-corrected chi connectivity index (χ0v) is 12.7. The van der Waals surface area contributed by atoms with Gasteiger partial charge in [-0.05, 0) is 51.0 Å². The van der Waals surface area contributed by atoms with Crippen LogP contribution in [0.15, 0.2) is 24.3 Å². The molecule has 5 heteroatoms. The third-order valence-electron chi connectivity index (χ3n) is 3.54.